The summed E-state index contributed by atoms with van der Waals surface area (Å²) in [5.74, 6) is 1.47. The maximum absolute atomic E-state index is 6.19. The third kappa shape index (κ3) is 3.26. The van der Waals surface area contributed by atoms with E-state index in [0.29, 0.717) is 27.0 Å². The Bertz CT molecular complexity index is 433. The molecule has 1 N–H and O–H groups in total. The largest absolute Gasteiger partial charge is 0.381 e. The summed E-state index contributed by atoms with van der Waals surface area (Å²) in [6.07, 6.45) is 3.70. The Balaban J connectivity index is 2.12. The van der Waals surface area contributed by atoms with Crippen molar-refractivity contribution in [3.05, 3.63) is 27.2 Å². The van der Waals surface area contributed by atoms with Crippen LogP contribution in [-0.4, -0.2) is 6.04 Å². The SMILES string of the molecule is CC1CCC(Nc2cc(Cl)c(Cl)cc2Cl)C(C)C1. The van der Waals surface area contributed by atoms with Crippen LogP contribution in [0.4, 0.5) is 5.69 Å². The molecule has 1 fully saturated rings. The zero-order chi connectivity index (χ0) is 13.3. The molecule has 18 heavy (non-hydrogen) atoms. The molecule has 2 rings (SSSR count). The maximum Gasteiger partial charge on any atom is 0.0653 e. The van der Waals surface area contributed by atoms with Gasteiger partial charge in [0.25, 0.3) is 0 Å². The highest BCUT2D eigenvalue weighted by Gasteiger charge is 2.25. The fourth-order valence-corrected chi connectivity index (χ4v) is 3.31. The molecule has 0 radical (unpaired) electrons. The minimum Gasteiger partial charge on any atom is -0.381 e. The van der Waals surface area contributed by atoms with Crippen LogP contribution in [-0.2, 0) is 0 Å². The Kier molecular flexibility index (Phi) is 4.69. The van der Waals surface area contributed by atoms with Gasteiger partial charge >= 0.3 is 0 Å². The lowest BCUT2D eigenvalue weighted by molar-refractivity contribution is 0.276. The van der Waals surface area contributed by atoms with E-state index in [1.165, 1.54) is 19.3 Å². The summed E-state index contributed by atoms with van der Waals surface area (Å²) in [5.41, 5.74) is 0.887. The van der Waals surface area contributed by atoms with E-state index < -0.39 is 0 Å². The molecular formula is C14H18Cl3N. The molecule has 1 aliphatic carbocycles. The highest BCUT2D eigenvalue weighted by Crippen LogP contribution is 2.36. The van der Waals surface area contributed by atoms with Gasteiger partial charge in [0, 0.05) is 6.04 Å². The fraction of sp³-hybridized carbons (Fsp3) is 0.571. The zero-order valence-corrected chi connectivity index (χ0v) is 12.9. The van der Waals surface area contributed by atoms with Crippen LogP contribution in [0.15, 0.2) is 12.1 Å². The van der Waals surface area contributed by atoms with Crippen molar-refractivity contribution in [1.29, 1.82) is 0 Å². The summed E-state index contributed by atoms with van der Waals surface area (Å²) in [6.45, 7) is 4.61. The second-order valence-corrected chi connectivity index (χ2v) is 6.61. The Morgan fingerprint density at radius 2 is 1.67 bits per heavy atom. The van der Waals surface area contributed by atoms with Gasteiger partial charge in [-0.25, -0.2) is 0 Å². The second-order valence-electron chi connectivity index (χ2n) is 5.39. The predicted octanol–water partition coefficient (Wildman–Crippen LogP) is 5.88. The standard InChI is InChI=1S/C14H18Cl3N/c1-8-3-4-13(9(2)5-8)18-14-7-11(16)10(15)6-12(14)17/h6-9,13,18H,3-5H2,1-2H3. The van der Waals surface area contributed by atoms with Crippen LogP contribution >= 0.6 is 34.8 Å². The molecule has 1 aliphatic rings. The van der Waals surface area contributed by atoms with Gasteiger partial charge in [0.1, 0.15) is 0 Å². The summed E-state index contributed by atoms with van der Waals surface area (Å²) in [4.78, 5) is 0. The molecule has 0 spiro atoms. The molecule has 3 unspecified atom stereocenters. The van der Waals surface area contributed by atoms with E-state index in [2.05, 4.69) is 19.2 Å². The molecule has 3 atom stereocenters. The van der Waals surface area contributed by atoms with Gasteiger partial charge in [-0.2, -0.15) is 0 Å². The average molecular weight is 307 g/mol. The number of hydrogen-bond donors (Lipinski definition) is 1. The minimum atomic E-state index is 0.468. The highest BCUT2D eigenvalue weighted by atomic mass is 35.5. The minimum absolute atomic E-state index is 0.468. The van der Waals surface area contributed by atoms with Crippen LogP contribution in [0.3, 0.4) is 0 Å². The van der Waals surface area contributed by atoms with E-state index in [4.69, 9.17) is 34.8 Å². The molecule has 0 bridgehead atoms. The van der Waals surface area contributed by atoms with Crippen molar-refractivity contribution in [2.75, 3.05) is 5.32 Å². The quantitative estimate of drug-likeness (QED) is 0.672. The summed E-state index contributed by atoms with van der Waals surface area (Å²) < 4.78 is 0. The smallest absolute Gasteiger partial charge is 0.0653 e. The van der Waals surface area contributed by atoms with Gasteiger partial charge in [-0.15, -0.1) is 0 Å². The van der Waals surface area contributed by atoms with Crippen molar-refractivity contribution in [3.8, 4) is 0 Å². The first kappa shape index (κ1) is 14.3. The summed E-state index contributed by atoms with van der Waals surface area (Å²) in [5, 5.41) is 5.19. The molecule has 100 valence electrons. The molecule has 0 aliphatic heterocycles. The van der Waals surface area contributed by atoms with E-state index >= 15 is 0 Å². The van der Waals surface area contributed by atoms with Gasteiger partial charge in [-0.3, -0.25) is 0 Å². The predicted molar refractivity (Wildman–Crippen MR) is 81.1 cm³/mol. The van der Waals surface area contributed by atoms with E-state index in [1.807, 2.05) is 6.07 Å². The highest BCUT2D eigenvalue weighted by molar-refractivity contribution is 6.44. The monoisotopic (exact) mass is 305 g/mol. The summed E-state index contributed by atoms with van der Waals surface area (Å²) >= 11 is 18.2. The molecule has 0 heterocycles. The number of rotatable bonds is 2. The summed E-state index contributed by atoms with van der Waals surface area (Å²) in [6, 6.07) is 3.98. The number of halogens is 3. The van der Waals surface area contributed by atoms with Gasteiger partial charge in [-0.05, 0) is 43.2 Å². The molecule has 0 saturated heterocycles. The first-order chi connectivity index (χ1) is 8.47. The Hall–Kier alpha value is -0.110. The molecule has 1 aromatic carbocycles. The first-order valence-corrected chi connectivity index (χ1v) is 7.52. The lowest BCUT2D eigenvalue weighted by Gasteiger charge is -2.34. The van der Waals surface area contributed by atoms with Crippen molar-refractivity contribution in [1.82, 2.24) is 0 Å². The lowest BCUT2D eigenvalue weighted by Crippen LogP contribution is -2.33. The zero-order valence-electron chi connectivity index (χ0n) is 10.6. The lowest BCUT2D eigenvalue weighted by atomic mass is 9.80. The molecule has 4 heteroatoms. The normalized spacial score (nSPS) is 28.2. The van der Waals surface area contributed by atoms with Crippen LogP contribution < -0.4 is 5.32 Å². The Morgan fingerprint density at radius 1 is 1.00 bits per heavy atom. The van der Waals surface area contributed by atoms with E-state index in [9.17, 15) is 0 Å². The first-order valence-electron chi connectivity index (χ1n) is 6.38. The van der Waals surface area contributed by atoms with Gasteiger partial charge in [0.05, 0.1) is 20.8 Å². The number of benzene rings is 1. The van der Waals surface area contributed by atoms with Gasteiger partial charge in [0.15, 0.2) is 0 Å². The van der Waals surface area contributed by atoms with Gasteiger partial charge in [-0.1, -0.05) is 48.7 Å². The van der Waals surface area contributed by atoms with Gasteiger partial charge in [0.2, 0.25) is 0 Å². The molecule has 1 saturated carbocycles. The third-order valence-corrected chi connectivity index (χ3v) is 4.82. The van der Waals surface area contributed by atoms with Gasteiger partial charge < -0.3 is 5.32 Å². The van der Waals surface area contributed by atoms with Crippen LogP contribution in [0, 0.1) is 11.8 Å². The average Bonchev–Trinajstić information content (AvgIpc) is 2.29. The second kappa shape index (κ2) is 5.90. The van der Waals surface area contributed by atoms with Crippen molar-refractivity contribution in [2.24, 2.45) is 11.8 Å². The molecular weight excluding hydrogens is 289 g/mol. The van der Waals surface area contributed by atoms with Crippen LogP contribution in [0.1, 0.15) is 33.1 Å². The fourth-order valence-electron chi connectivity index (χ4n) is 2.71. The van der Waals surface area contributed by atoms with Crippen molar-refractivity contribution in [2.45, 2.75) is 39.2 Å². The van der Waals surface area contributed by atoms with E-state index in [0.717, 1.165) is 11.6 Å². The molecule has 0 aromatic heterocycles. The van der Waals surface area contributed by atoms with E-state index in [1.54, 1.807) is 6.07 Å². The number of anilines is 1. The summed E-state index contributed by atoms with van der Waals surface area (Å²) in [7, 11) is 0. The van der Waals surface area contributed by atoms with Crippen LogP contribution in [0.5, 0.6) is 0 Å². The van der Waals surface area contributed by atoms with Crippen molar-refractivity contribution in [3.63, 3.8) is 0 Å². The van der Waals surface area contributed by atoms with Crippen LogP contribution in [0.25, 0.3) is 0 Å². The Labute approximate surface area is 124 Å². The molecule has 1 aromatic rings. The van der Waals surface area contributed by atoms with E-state index in [-0.39, 0.29) is 0 Å². The van der Waals surface area contributed by atoms with Crippen molar-refractivity contribution >= 4 is 40.5 Å². The molecule has 0 amide bonds. The number of hydrogen-bond acceptors (Lipinski definition) is 1. The topological polar surface area (TPSA) is 12.0 Å². The molecule has 1 nitrogen and oxygen atoms in total. The van der Waals surface area contributed by atoms with Crippen LogP contribution in [0.2, 0.25) is 15.1 Å². The van der Waals surface area contributed by atoms with Crippen molar-refractivity contribution < 1.29 is 0 Å². The maximum atomic E-state index is 6.19. The third-order valence-electron chi connectivity index (χ3n) is 3.78. The Morgan fingerprint density at radius 3 is 2.33 bits per heavy atom. The number of nitrogens with one attached hydrogen (secondary N) is 1.